The maximum atomic E-state index is 14.0. The van der Waals surface area contributed by atoms with Gasteiger partial charge in [0.2, 0.25) is 5.88 Å². The first-order valence-electron chi connectivity index (χ1n) is 12.2. The first-order valence-corrected chi connectivity index (χ1v) is 12.6. The van der Waals surface area contributed by atoms with Crippen LogP contribution >= 0.6 is 11.6 Å². The molecule has 0 saturated heterocycles. The van der Waals surface area contributed by atoms with Gasteiger partial charge in [-0.05, 0) is 54.1 Å². The maximum absolute atomic E-state index is 14.0. The number of hydrogen-bond acceptors (Lipinski definition) is 7. The van der Waals surface area contributed by atoms with Crippen LogP contribution in [0.25, 0.3) is 0 Å². The summed E-state index contributed by atoms with van der Waals surface area (Å²) in [5.74, 6) is -0.0805. The van der Waals surface area contributed by atoms with Gasteiger partial charge in [-0.1, -0.05) is 48.0 Å². The van der Waals surface area contributed by atoms with E-state index in [0.29, 0.717) is 33.4 Å². The van der Waals surface area contributed by atoms with E-state index in [-0.39, 0.29) is 36.2 Å². The number of esters is 1. The first kappa shape index (κ1) is 26.6. The average molecular weight is 557 g/mol. The second-order valence-electron chi connectivity index (χ2n) is 8.79. The fraction of sp³-hybridized carbons (Fsp3) is 0.0968. The summed E-state index contributed by atoms with van der Waals surface area (Å²) in [6, 6.07) is 27.1. The molecule has 0 bridgehead atoms. The molecule has 0 aromatic heterocycles. The van der Waals surface area contributed by atoms with Gasteiger partial charge in [0, 0.05) is 22.2 Å². The Balaban J connectivity index is 1.34. The molecule has 4 aromatic rings. The van der Waals surface area contributed by atoms with E-state index in [1.807, 2.05) is 6.07 Å². The fourth-order valence-corrected chi connectivity index (χ4v) is 4.36. The number of nitrogens with two attached hydrogens (primary N) is 1. The lowest BCUT2D eigenvalue weighted by molar-refractivity contribution is -0.136. The van der Waals surface area contributed by atoms with Crippen LogP contribution in [0.1, 0.15) is 22.6 Å². The Labute approximate surface area is 234 Å². The van der Waals surface area contributed by atoms with E-state index < -0.39 is 11.9 Å². The van der Waals surface area contributed by atoms with Gasteiger partial charge in [0.05, 0.1) is 5.92 Å². The van der Waals surface area contributed by atoms with Gasteiger partial charge in [0.15, 0.2) is 6.61 Å². The summed E-state index contributed by atoms with van der Waals surface area (Å²) in [5.41, 5.74) is 8.13. The minimum atomic E-state index is -0.622. The van der Waals surface area contributed by atoms with Gasteiger partial charge in [-0.15, -0.1) is 0 Å². The second kappa shape index (κ2) is 11.8. The van der Waals surface area contributed by atoms with E-state index in [9.17, 15) is 14.4 Å². The molecule has 0 radical (unpaired) electrons. The highest BCUT2D eigenvalue weighted by Gasteiger charge is 2.31. The first-order chi connectivity index (χ1) is 19.4. The van der Waals surface area contributed by atoms with Gasteiger partial charge < -0.3 is 24.7 Å². The van der Waals surface area contributed by atoms with Crippen molar-refractivity contribution in [2.75, 3.05) is 6.61 Å². The van der Waals surface area contributed by atoms with Crippen molar-refractivity contribution in [3.63, 3.8) is 0 Å². The molecular formula is C31H22ClFN2O5. The van der Waals surface area contributed by atoms with Gasteiger partial charge in [0.1, 0.15) is 47.1 Å². The maximum Gasteiger partial charge on any atom is 0.349 e. The standard InChI is InChI=1S/C31H22ClFN2O5/c32-21-8-10-22(11-9-21)38-18-29(36)39-24-12-13-25-28(15-24)40-31(35)26(16-34)30(25)19-5-3-6-23(14-19)37-17-20-4-1-2-7-27(20)33/h1-15,30H,17-18,35H2. The second-order valence-corrected chi connectivity index (χ2v) is 9.23. The third-order valence-corrected chi connectivity index (χ3v) is 6.39. The number of allylic oxidation sites excluding steroid dienone is 1. The van der Waals surface area contributed by atoms with Crippen molar-refractivity contribution in [1.29, 1.82) is 5.26 Å². The van der Waals surface area contributed by atoms with Gasteiger partial charge in [-0.25, -0.2) is 9.18 Å². The Morgan fingerprint density at radius 1 is 0.950 bits per heavy atom. The Hall–Kier alpha value is -5.00. The van der Waals surface area contributed by atoms with Gasteiger partial charge >= 0.3 is 5.97 Å². The number of nitriles is 1. The molecule has 0 spiro atoms. The number of fused-ring (bicyclic) bond motifs is 1. The summed E-state index contributed by atoms with van der Waals surface area (Å²) in [6.45, 7) is -0.275. The molecule has 1 unspecified atom stereocenters. The normalized spacial score (nSPS) is 14.0. The minimum absolute atomic E-state index is 0.0417. The van der Waals surface area contributed by atoms with Crippen molar-refractivity contribution in [3.8, 4) is 29.1 Å². The highest BCUT2D eigenvalue weighted by molar-refractivity contribution is 6.30. The zero-order chi connectivity index (χ0) is 28.1. The molecule has 1 atom stereocenters. The summed E-state index contributed by atoms with van der Waals surface area (Å²) >= 11 is 5.86. The van der Waals surface area contributed by atoms with Crippen molar-refractivity contribution in [2.45, 2.75) is 12.5 Å². The van der Waals surface area contributed by atoms with Crippen LogP contribution in [-0.4, -0.2) is 12.6 Å². The summed E-state index contributed by atoms with van der Waals surface area (Å²) in [4.78, 5) is 12.4. The van der Waals surface area contributed by atoms with Gasteiger partial charge in [-0.2, -0.15) is 5.26 Å². The number of rotatable bonds is 8. The number of halogens is 2. The molecule has 5 rings (SSSR count). The number of nitrogens with zero attached hydrogens (tertiary/aromatic N) is 1. The molecule has 0 aliphatic carbocycles. The third kappa shape index (κ3) is 6.01. The van der Waals surface area contributed by atoms with Crippen LogP contribution in [0.3, 0.4) is 0 Å². The number of carbonyl (C=O) groups excluding carboxylic acids is 1. The topological polar surface area (TPSA) is 104 Å². The number of hydrogen-bond donors (Lipinski definition) is 1. The predicted octanol–water partition coefficient (Wildman–Crippen LogP) is 6.26. The number of carbonyl (C=O) groups is 1. The minimum Gasteiger partial charge on any atom is -0.489 e. The van der Waals surface area contributed by atoms with Crippen molar-refractivity contribution in [2.24, 2.45) is 5.73 Å². The molecule has 0 amide bonds. The number of ether oxygens (including phenoxy) is 4. The summed E-state index contributed by atoms with van der Waals surface area (Å²) < 4.78 is 36.4. The van der Waals surface area contributed by atoms with E-state index in [1.54, 1.807) is 72.8 Å². The van der Waals surface area contributed by atoms with Crippen LogP contribution in [0.4, 0.5) is 4.39 Å². The molecule has 1 heterocycles. The average Bonchev–Trinajstić information content (AvgIpc) is 2.96. The van der Waals surface area contributed by atoms with E-state index >= 15 is 0 Å². The van der Waals surface area contributed by atoms with Crippen LogP contribution in [0.5, 0.6) is 23.0 Å². The molecule has 200 valence electrons. The van der Waals surface area contributed by atoms with Crippen molar-refractivity contribution in [1.82, 2.24) is 0 Å². The molecule has 1 aliphatic heterocycles. The SMILES string of the molecule is N#CC1=C(N)Oc2cc(OC(=O)COc3ccc(Cl)cc3)ccc2C1c1cccc(OCc2ccccc2F)c1. The van der Waals surface area contributed by atoms with E-state index in [2.05, 4.69) is 6.07 Å². The summed E-state index contributed by atoms with van der Waals surface area (Å²) in [7, 11) is 0. The Bertz CT molecular complexity index is 1630. The summed E-state index contributed by atoms with van der Waals surface area (Å²) in [5, 5.41) is 10.4. The molecule has 0 saturated carbocycles. The largest absolute Gasteiger partial charge is 0.489 e. The van der Waals surface area contributed by atoms with E-state index in [0.717, 1.165) is 5.56 Å². The Morgan fingerprint density at radius 3 is 2.50 bits per heavy atom. The lowest BCUT2D eigenvalue weighted by Gasteiger charge is -2.27. The zero-order valence-corrected chi connectivity index (χ0v) is 21.7. The Kier molecular flexibility index (Phi) is 7.85. The van der Waals surface area contributed by atoms with Crippen LogP contribution in [0.15, 0.2) is 102 Å². The Morgan fingerprint density at radius 2 is 1.73 bits per heavy atom. The molecule has 2 N–H and O–H groups in total. The molecule has 0 fully saturated rings. The van der Waals surface area contributed by atoms with E-state index in [1.165, 1.54) is 12.1 Å². The zero-order valence-electron chi connectivity index (χ0n) is 21.0. The molecule has 7 nitrogen and oxygen atoms in total. The van der Waals surface area contributed by atoms with Crippen molar-refractivity contribution >= 4 is 17.6 Å². The molecule has 9 heteroatoms. The summed E-state index contributed by atoms with van der Waals surface area (Å²) in [6.07, 6.45) is 0. The number of benzene rings is 4. The highest BCUT2D eigenvalue weighted by atomic mass is 35.5. The van der Waals surface area contributed by atoms with Gasteiger partial charge in [-0.3, -0.25) is 0 Å². The van der Waals surface area contributed by atoms with Crippen LogP contribution in [0, 0.1) is 17.1 Å². The molecular weight excluding hydrogens is 535 g/mol. The molecule has 4 aromatic carbocycles. The molecule has 40 heavy (non-hydrogen) atoms. The van der Waals surface area contributed by atoms with E-state index in [4.69, 9.17) is 36.3 Å². The fourth-order valence-electron chi connectivity index (χ4n) is 4.24. The highest BCUT2D eigenvalue weighted by Crippen LogP contribution is 2.44. The smallest absolute Gasteiger partial charge is 0.349 e. The van der Waals surface area contributed by atoms with Crippen LogP contribution in [-0.2, 0) is 11.4 Å². The van der Waals surface area contributed by atoms with Crippen molar-refractivity contribution < 1.29 is 28.1 Å². The van der Waals surface area contributed by atoms with Crippen LogP contribution in [0.2, 0.25) is 5.02 Å². The monoisotopic (exact) mass is 556 g/mol. The van der Waals surface area contributed by atoms with Crippen molar-refractivity contribution in [3.05, 3.63) is 130 Å². The third-order valence-electron chi connectivity index (χ3n) is 6.14. The predicted molar refractivity (Wildman–Crippen MR) is 145 cm³/mol. The molecule has 1 aliphatic rings. The lowest BCUT2D eigenvalue weighted by Crippen LogP contribution is -2.21. The van der Waals surface area contributed by atoms with Crippen LogP contribution < -0.4 is 24.7 Å². The van der Waals surface area contributed by atoms with Gasteiger partial charge in [0.25, 0.3) is 0 Å². The lowest BCUT2D eigenvalue weighted by atomic mass is 9.83. The quantitative estimate of drug-likeness (QED) is 0.202.